The zero-order chi connectivity index (χ0) is 25.4. The monoisotopic (exact) mass is 540 g/mol. The lowest BCUT2D eigenvalue weighted by Crippen LogP contribution is -2.49. The Hall–Kier alpha value is -2.34. The largest absolute Gasteiger partial charge is 0.330 e. The minimum atomic E-state index is -0.288. The molecular weight excluding hydrogens is 511 g/mol. The molecule has 0 N–H and O–H groups in total. The summed E-state index contributed by atoms with van der Waals surface area (Å²) in [7, 11) is 0. The predicted octanol–water partition coefficient (Wildman–Crippen LogP) is 6.96. The summed E-state index contributed by atoms with van der Waals surface area (Å²) in [6, 6.07) is 17.4. The molecule has 4 nitrogen and oxygen atoms in total. The molecule has 1 aromatic heterocycles. The summed E-state index contributed by atoms with van der Waals surface area (Å²) in [5, 5.41) is 3.18. The van der Waals surface area contributed by atoms with E-state index in [0.29, 0.717) is 16.6 Å². The molecule has 2 heterocycles. The lowest BCUT2D eigenvalue weighted by atomic mass is 9.93. The molecule has 3 aromatic rings. The van der Waals surface area contributed by atoms with Crippen LogP contribution in [0.1, 0.15) is 60.2 Å². The van der Waals surface area contributed by atoms with Gasteiger partial charge in [0.05, 0.1) is 6.04 Å². The molecule has 1 aliphatic carbocycles. The van der Waals surface area contributed by atoms with Crippen molar-refractivity contribution in [1.29, 1.82) is 0 Å². The second-order valence-corrected chi connectivity index (χ2v) is 11.6. The van der Waals surface area contributed by atoms with Gasteiger partial charge >= 0.3 is 0 Å². The maximum Gasteiger partial charge on any atom is 0.243 e. The number of carbonyl (C=O) groups is 2. The Bertz CT molecular complexity index is 1260. The molecule has 5 rings (SSSR count). The average Bonchev–Trinajstić information content (AvgIpc) is 3.55. The van der Waals surface area contributed by atoms with Crippen LogP contribution >= 0.6 is 34.5 Å². The van der Waals surface area contributed by atoms with Crippen LogP contribution in [0.5, 0.6) is 0 Å². The maximum absolute atomic E-state index is 13.9. The zero-order valence-corrected chi connectivity index (χ0v) is 22.8. The van der Waals surface area contributed by atoms with Crippen LogP contribution in [0, 0.1) is 5.92 Å². The Morgan fingerprint density at radius 3 is 2.61 bits per heavy atom. The molecular formula is C29H30Cl2N2O2S. The number of amides is 2. The van der Waals surface area contributed by atoms with E-state index in [1.807, 2.05) is 42.2 Å². The quantitative estimate of drug-likeness (QED) is 0.325. The lowest BCUT2D eigenvalue weighted by molar-refractivity contribution is -0.144. The number of rotatable bonds is 7. The first-order chi connectivity index (χ1) is 17.4. The average molecular weight is 542 g/mol. The van der Waals surface area contributed by atoms with Crippen LogP contribution in [0.4, 0.5) is 0 Å². The van der Waals surface area contributed by atoms with Gasteiger partial charge in [-0.3, -0.25) is 9.59 Å². The highest BCUT2D eigenvalue weighted by molar-refractivity contribution is 7.10. The van der Waals surface area contributed by atoms with Crippen LogP contribution in [0.25, 0.3) is 0 Å². The summed E-state index contributed by atoms with van der Waals surface area (Å²) >= 11 is 14.5. The summed E-state index contributed by atoms with van der Waals surface area (Å²) in [5.74, 6) is 0.221. The third-order valence-electron chi connectivity index (χ3n) is 7.59. The van der Waals surface area contributed by atoms with E-state index < -0.39 is 0 Å². The molecule has 1 aliphatic heterocycles. The van der Waals surface area contributed by atoms with Gasteiger partial charge in [0.2, 0.25) is 11.8 Å². The van der Waals surface area contributed by atoms with Gasteiger partial charge in [-0.05, 0) is 72.4 Å². The van der Waals surface area contributed by atoms with Crippen molar-refractivity contribution in [2.75, 3.05) is 13.1 Å². The molecule has 2 aliphatic rings. The highest BCUT2D eigenvalue weighted by atomic mass is 35.5. The second kappa shape index (κ2) is 10.6. The molecule has 1 saturated carbocycles. The van der Waals surface area contributed by atoms with E-state index in [2.05, 4.69) is 30.5 Å². The SMILES string of the molecule is CCC(C)N(CC(=O)N1CCc2sccc2C1c1ccc(Cl)cc1Cl)C(=O)C1CC1c1ccccc1. The third kappa shape index (κ3) is 4.93. The Kier molecular flexibility index (Phi) is 7.43. The number of halogens is 2. The van der Waals surface area contributed by atoms with Crippen molar-refractivity contribution in [3.8, 4) is 0 Å². The summed E-state index contributed by atoms with van der Waals surface area (Å²) in [4.78, 5) is 32.5. The molecule has 0 spiro atoms. The second-order valence-electron chi connectivity index (χ2n) is 9.79. The van der Waals surface area contributed by atoms with Crippen molar-refractivity contribution < 1.29 is 9.59 Å². The molecule has 2 amide bonds. The van der Waals surface area contributed by atoms with Crippen molar-refractivity contribution >= 4 is 46.4 Å². The van der Waals surface area contributed by atoms with Crippen LogP contribution in [0.3, 0.4) is 0 Å². The minimum absolute atomic E-state index is 0.0162. The molecule has 1 fully saturated rings. The normalized spacial score (nSPS) is 21.6. The van der Waals surface area contributed by atoms with Gasteiger partial charge in [-0.25, -0.2) is 0 Å². The van der Waals surface area contributed by atoms with E-state index in [0.717, 1.165) is 30.4 Å². The first-order valence-electron chi connectivity index (χ1n) is 12.5. The van der Waals surface area contributed by atoms with Crippen LogP contribution in [0.15, 0.2) is 60.0 Å². The van der Waals surface area contributed by atoms with Crippen LogP contribution in [0.2, 0.25) is 10.0 Å². The van der Waals surface area contributed by atoms with Gasteiger partial charge in [0.15, 0.2) is 0 Å². The van der Waals surface area contributed by atoms with Crippen LogP contribution < -0.4 is 0 Å². The molecule has 0 saturated heterocycles. The number of hydrogen-bond donors (Lipinski definition) is 0. The standard InChI is InChI=1S/C29H30Cl2N2O2S/c1-3-18(2)33(29(35)24-16-23(24)19-7-5-4-6-8-19)17-27(34)32-13-11-26-22(12-14-36-26)28(32)21-10-9-20(30)15-25(21)31/h4-10,12,14-15,18,23-24,28H,3,11,13,16-17H2,1-2H3. The summed E-state index contributed by atoms with van der Waals surface area (Å²) in [6.07, 6.45) is 2.44. The van der Waals surface area contributed by atoms with Crippen molar-refractivity contribution in [2.45, 2.75) is 51.1 Å². The fraction of sp³-hybridized carbons (Fsp3) is 0.379. The number of thiophene rings is 1. The Morgan fingerprint density at radius 2 is 1.89 bits per heavy atom. The number of fused-ring (bicyclic) bond motifs is 1. The lowest BCUT2D eigenvalue weighted by Gasteiger charge is -2.39. The van der Waals surface area contributed by atoms with Gasteiger partial charge in [-0.1, -0.05) is 66.5 Å². The molecule has 7 heteroatoms. The van der Waals surface area contributed by atoms with Crippen molar-refractivity contribution in [3.05, 3.63) is 91.6 Å². The molecule has 36 heavy (non-hydrogen) atoms. The molecule has 2 aromatic carbocycles. The van der Waals surface area contributed by atoms with E-state index >= 15 is 0 Å². The van der Waals surface area contributed by atoms with E-state index in [9.17, 15) is 9.59 Å². The first kappa shape index (κ1) is 25.3. The van der Waals surface area contributed by atoms with E-state index in [1.54, 1.807) is 22.3 Å². The molecule has 4 unspecified atom stereocenters. The number of hydrogen-bond acceptors (Lipinski definition) is 3. The van der Waals surface area contributed by atoms with Gasteiger partial charge in [0.25, 0.3) is 0 Å². The van der Waals surface area contributed by atoms with Crippen molar-refractivity contribution in [3.63, 3.8) is 0 Å². The highest BCUT2D eigenvalue weighted by Gasteiger charge is 2.47. The summed E-state index contributed by atoms with van der Waals surface area (Å²) < 4.78 is 0. The Labute approximate surface area is 226 Å². The molecule has 188 valence electrons. The maximum atomic E-state index is 13.9. The van der Waals surface area contributed by atoms with E-state index in [1.165, 1.54) is 10.4 Å². The van der Waals surface area contributed by atoms with Gasteiger partial charge in [0.1, 0.15) is 6.54 Å². The third-order valence-corrected chi connectivity index (χ3v) is 9.15. The Morgan fingerprint density at radius 1 is 1.11 bits per heavy atom. The van der Waals surface area contributed by atoms with Gasteiger partial charge in [0, 0.05) is 33.4 Å². The molecule has 4 atom stereocenters. The first-order valence-corrected chi connectivity index (χ1v) is 14.2. The smallest absolute Gasteiger partial charge is 0.243 e. The topological polar surface area (TPSA) is 40.6 Å². The number of carbonyl (C=O) groups excluding carboxylic acids is 2. The zero-order valence-electron chi connectivity index (χ0n) is 20.5. The van der Waals surface area contributed by atoms with Crippen molar-refractivity contribution in [1.82, 2.24) is 9.80 Å². The van der Waals surface area contributed by atoms with Crippen LogP contribution in [-0.2, 0) is 16.0 Å². The molecule has 0 radical (unpaired) electrons. The van der Waals surface area contributed by atoms with E-state index in [4.69, 9.17) is 23.2 Å². The number of benzene rings is 2. The van der Waals surface area contributed by atoms with E-state index in [-0.39, 0.29) is 42.3 Å². The fourth-order valence-corrected chi connectivity index (χ4v) is 6.72. The minimum Gasteiger partial charge on any atom is -0.330 e. The summed E-state index contributed by atoms with van der Waals surface area (Å²) in [5.41, 5.74) is 3.17. The van der Waals surface area contributed by atoms with Crippen LogP contribution in [-0.4, -0.2) is 40.7 Å². The van der Waals surface area contributed by atoms with Gasteiger partial charge in [-0.15, -0.1) is 11.3 Å². The Balaban J connectivity index is 1.40. The molecule has 0 bridgehead atoms. The fourth-order valence-electron chi connectivity index (χ4n) is 5.30. The van der Waals surface area contributed by atoms with Gasteiger partial charge in [-0.2, -0.15) is 0 Å². The van der Waals surface area contributed by atoms with Gasteiger partial charge < -0.3 is 9.80 Å². The summed E-state index contributed by atoms with van der Waals surface area (Å²) in [6.45, 7) is 4.76. The number of nitrogens with zero attached hydrogens (tertiary/aromatic N) is 2. The predicted molar refractivity (Wildman–Crippen MR) is 147 cm³/mol. The van der Waals surface area contributed by atoms with Crippen molar-refractivity contribution in [2.24, 2.45) is 5.92 Å². The highest BCUT2D eigenvalue weighted by Crippen LogP contribution is 2.49.